The van der Waals surface area contributed by atoms with Gasteiger partial charge in [-0.2, -0.15) is 0 Å². The fourth-order valence-corrected chi connectivity index (χ4v) is 3.76. The van der Waals surface area contributed by atoms with Crippen LogP contribution in [0.2, 0.25) is 0 Å². The van der Waals surface area contributed by atoms with E-state index in [9.17, 15) is 5.11 Å². The van der Waals surface area contributed by atoms with Crippen molar-refractivity contribution in [2.75, 3.05) is 18.0 Å². The number of hydrogen-bond donors (Lipinski definition) is 1. The highest BCUT2D eigenvalue weighted by Crippen LogP contribution is 2.40. The van der Waals surface area contributed by atoms with E-state index in [4.69, 9.17) is 0 Å². The molecule has 1 saturated carbocycles. The Morgan fingerprint density at radius 1 is 1.10 bits per heavy atom. The zero-order valence-corrected chi connectivity index (χ0v) is 12.1. The molecular weight excluding hydrogens is 264 g/mol. The molecule has 1 aliphatic carbocycles. The van der Waals surface area contributed by atoms with Crippen LogP contribution >= 0.6 is 0 Å². The third-order valence-corrected chi connectivity index (χ3v) is 5.06. The molecule has 0 amide bonds. The fraction of sp³-hybridized carbons (Fsp3) is 0.562. The maximum atomic E-state index is 10.7. The number of piperidine rings is 1. The van der Waals surface area contributed by atoms with Gasteiger partial charge in [0, 0.05) is 19.0 Å². The topological polar surface area (TPSA) is 62.1 Å². The van der Waals surface area contributed by atoms with Crippen molar-refractivity contribution in [2.45, 2.75) is 37.7 Å². The molecule has 2 aromatic rings. The molecule has 0 bridgehead atoms. The molecule has 1 aliphatic heterocycles. The Kier molecular flexibility index (Phi) is 3.03. The summed E-state index contributed by atoms with van der Waals surface area (Å²) in [7, 11) is 0. The Hall–Kier alpha value is -1.75. The highest BCUT2D eigenvalue weighted by Gasteiger charge is 2.43. The van der Waals surface area contributed by atoms with Crippen LogP contribution in [0.3, 0.4) is 0 Å². The quantitative estimate of drug-likeness (QED) is 0.869. The molecule has 0 radical (unpaired) electrons. The molecule has 5 nitrogen and oxygen atoms in total. The molecule has 2 fully saturated rings. The van der Waals surface area contributed by atoms with E-state index in [2.05, 4.69) is 20.1 Å². The van der Waals surface area contributed by atoms with Gasteiger partial charge in [-0.05, 0) is 31.4 Å². The van der Waals surface area contributed by atoms with Crippen molar-refractivity contribution in [1.82, 2.24) is 15.2 Å². The van der Waals surface area contributed by atoms with E-state index in [1.807, 2.05) is 24.3 Å². The molecule has 21 heavy (non-hydrogen) atoms. The van der Waals surface area contributed by atoms with E-state index < -0.39 is 5.60 Å². The minimum absolute atomic E-state index is 0.343. The first-order chi connectivity index (χ1) is 10.2. The van der Waals surface area contributed by atoms with Gasteiger partial charge in [0.1, 0.15) is 5.52 Å². The third kappa shape index (κ3) is 2.25. The Labute approximate surface area is 124 Å². The van der Waals surface area contributed by atoms with Crippen molar-refractivity contribution in [2.24, 2.45) is 5.92 Å². The summed E-state index contributed by atoms with van der Waals surface area (Å²) in [6.45, 7) is 1.66. The first-order valence-electron chi connectivity index (χ1n) is 7.81. The number of benzene rings is 1. The van der Waals surface area contributed by atoms with Gasteiger partial charge < -0.3 is 10.0 Å². The van der Waals surface area contributed by atoms with Gasteiger partial charge in [-0.3, -0.25) is 0 Å². The number of nitrogens with zero attached hydrogens (tertiary/aromatic N) is 4. The van der Waals surface area contributed by atoms with Crippen molar-refractivity contribution in [3.63, 3.8) is 0 Å². The molecule has 5 heteroatoms. The molecule has 1 saturated heterocycles. The fourth-order valence-electron chi connectivity index (χ4n) is 3.76. The summed E-state index contributed by atoms with van der Waals surface area (Å²) in [5.41, 5.74) is 1.25. The van der Waals surface area contributed by atoms with Crippen molar-refractivity contribution >= 4 is 17.0 Å². The number of fused-ring (bicyclic) bond motifs is 2. The lowest BCUT2D eigenvalue weighted by molar-refractivity contribution is -0.0614. The summed E-state index contributed by atoms with van der Waals surface area (Å²) in [5.74, 6) is 1.04. The standard InChI is InChI=1S/C16H20N4O/c21-16-8-4-3-5-12(16)11-20(10-9-16)15-17-13-6-1-2-7-14(13)18-19-15/h1-2,6-7,12,21H,3-5,8-11H2. The molecule has 2 aliphatic rings. The van der Waals surface area contributed by atoms with Gasteiger partial charge in [0.2, 0.25) is 5.95 Å². The maximum absolute atomic E-state index is 10.7. The van der Waals surface area contributed by atoms with Crippen LogP contribution in [0.5, 0.6) is 0 Å². The van der Waals surface area contributed by atoms with Crippen LogP contribution in [0.1, 0.15) is 32.1 Å². The summed E-state index contributed by atoms with van der Waals surface area (Å²) in [6.07, 6.45) is 5.24. The van der Waals surface area contributed by atoms with E-state index in [0.717, 1.165) is 49.8 Å². The normalized spacial score (nSPS) is 29.4. The minimum Gasteiger partial charge on any atom is -0.389 e. The Bertz CT molecular complexity index is 662. The van der Waals surface area contributed by atoms with Gasteiger partial charge in [0.05, 0.1) is 11.1 Å². The van der Waals surface area contributed by atoms with E-state index >= 15 is 0 Å². The highest BCUT2D eigenvalue weighted by atomic mass is 16.3. The van der Waals surface area contributed by atoms with Crippen molar-refractivity contribution in [1.29, 1.82) is 0 Å². The van der Waals surface area contributed by atoms with E-state index in [-0.39, 0.29) is 0 Å². The van der Waals surface area contributed by atoms with Crippen LogP contribution in [-0.4, -0.2) is 39.0 Å². The predicted molar refractivity (Wildman–Crippen MR) is 81.1 cm³/mol. The average molecular weight is 284 g/mol. The minimum atomic E-state index is -0.459. The van der Waals surface area contributed by atoms with Gasteiger partial charge in [-0.15, -0.1) is 10.2 Å². The molecule has 2 atom stereocenters. The molecule has 1 aromatic heterocycles. The number of aliphatic hydroxyl groups is 1. The van der Waals surface area contributed by atoms with Gasteiger partial charge in [-0.1, -0.05) is 25.0 Å². The van der Waals surface area contributed by atoms with Crippen LogP contribution in [0.15, 0.2) is 24.3 Å². The summed E-state index contributed by atoms with van der Waals surface area (Å²) in [5, 5.41) is 19.3. The van der Waals surface area contributed by atoms with Crippen LogP contribution in [0.4, 0.5) is 5.95 Å². The second-order valence-corrected chi connectivity index (χ2v) is 6.34. The van der Waals surface area contributed by atoms with Crippen molar-refractivity contribution in [3.8, 4) is 0 Å². The number of hydrogen-bond acceptors (Lipinski definition) is 5. The zero-order valence-electron chi connectivity index (χ0n) is 12.1. The van der Waals surface area contributed by atoms with Crippen LogP contribution in [-0.2, 0) is 0 Å². The van der Waals surface area contributed by atoms with Gasteiger partial charge in [0.25, 0.3) is 0 Å². The molecule has 4 rings (SSSR count). The molecule has 110 valence electrons. The second kappa shape index (κ2) is 4.91. The molecule has 0 spiro atoms. The first kappa shape index (κ1) is 13.0. The number of para-hydroxylation sites is 1. The van der Waals surface area contributed by atoms with Gasteiger partial charge in [0.15, 0.2) is 0 Å². The molecule has 1 N–H and O–H groups in total. The molecule has 1 aromatic carbocycles. The van der Waals surface area contributed by atoms with Gasteiger partial charge >= 0.3 is 0 Å². The number of aromatic nitrogens is 3. The van der Waals surface area contributed by atoms with Gasteiger partial charge in [-0.25, -0.2) is 4.98 Å². The third-order valence-electron chi connectivity index (χ3n) is 5.06. The van der Waals surface area contributed by atoms with Crippen LogP contribution < -0.4 is 4.90 Å². The van der Waals surface area contributed by atoms with Crippen LogP contribution in [0, 0.1) is 5.92 Å². The second-order valence-electron chi connectivity index (χ2n) is 6.34. The van der Waals surface area contributed by atoms with Crippen LogP contribution in [0.25, 0.3) is 11.0 Å². The Balaban J connectivity index is 1.61. The largest absolute Gasteiger partial charge is 0.389 e. The lowest BCUT2D eigenvalue weighted by Gasteiger charge is -2.47. The molecular formula is C16H20N4O. The maximum Gasteiger partial charge on any atom is 0.245 e. The summed E-state index contributed by atoms with van der Waals surface area (Å²) in [6, 6.07) is 7.81. The smallest absolute Gasteiger partial charge is 0.245 e. The number of anilines is 1. The summed E-state index contributed by atoms with van der Waals surface area (Å²) >= 11 is 0. The predicted octanol–water partition coefficient (Wildman–Crippen LogP) is 2.16. The average Bonchev–Trinajstić information content (AvgIpc) is 2.53. The Morgan fingerprint density at radius 3 is 2.86 bits per heavy atom. The SMILES string of the molecule is OC12CCCCC1CN(c1nnc3ccccc3n1)CC2. The molecule has 2 heterocycles. The summed E-state index contributed by atoms with van der Waals surface area (Å²) < 4.78 is 0. The highest BCUT2D eigenvalue weighted by molar-refractivity contribution is 5.74. The van der Waals surface area contributed by atoms with E-state index in [0.29, 0.717) is 11.9 Å². The zero-order chi connectivity index (χ0) is 14.3. The molecule has 2 unspecified atom stereocenters. The Morgan fingerprint density at radius 2 is 1.95 bits per heavy atom. The monoisotopic (exact) mass is 284 g/mol. The first-order valence-corrected chi connectivity index (χ1v) is 7.81. The van der Waals surface area contributed by atoms with Crippen molar-refractivity contribution in [3.05, 3.63) is 24.3 Å². The lowest BCUT2D eigenvalue weighted by Crippen LogP contribution is -2.53. The van der Waals surface area contributed by atoms with Crippen molar-refractivity contribution < 1.29 is 5.11 Å². The number of rotatable bonds is 1. The van der Waals surface area contributed by atoms with E-state index in [1.165, 1.54) is 6.42 Å². The van der Waals surface area contributed by atoms with E-state index in [1.54, 1.807) is 0 Å². The summed E-state index contributed by atoms with van der Waals surface area (Å²) in [4.78, 5) is 6.81. The lowest BCUT2D eigenvalue weighted by atomic mass is 9.71.